The van der Waals surface area contributed by atoms with Crippen LogP contribution in [0.15, 0.2) is 0 Å². The van der Waals surface area contributed by atoms with E-state index in [0.717, 1.165) is 0 Å². The molecule has 1 saturated heterocycles. The van der Waals surface area contributed by atoms with E-state index in [2.05, 4.69) is 4.74 Å². The second kappa shape index (κ2) is 6.92. The Labute approximate surface area is 109 Å². The summed E-state index contributed by atoms with van der Waals surface area (Å²) in [6.45, 7) is 1.07. The summed E-state index contributed by atoms with van der Waals surface area (Å²) in [5.74, 6) is -1.97. The molecule has 1 rings (SSSR count). The van der Waals surface area contributed by atoms with Crippen LogP contribution in [0.1, 0.15) is 19.8 Å². The van der Waals surface area contributed by atoms with Crippen molar-refractivity contribution in [3.63, 3.8) is 0 Å². The molecule has 0 aromatic carbocycles. The molecule has 1 heterocycles. The standard InChI is InChI=1S/C11H18O8/c1-2-3-5(13)10(17)19-11-9(16)8(15)7(14)6(4-12)18-11/h6-9,11-12,14-16H,2-4H2,1H3/t6-,7-,8+,9-,11?/m1/s1. The molecule has 0 bridgehead atoms. The Hall–Kier alpha value is -1.06. The number of carbonyl (C=O) groups is 2. The van der Waals surface area contributed by atoms with Crippen LogP contribution in [-0.4, -0.2) is 69.5 Å². The first-order chi connectivity index (χ1) is 8.92. The minimum absolute atomic E-state index is 0.00371. The molecule has 8 heteroatoms. The van der Waals surface area contributed by atoms with Gasteiger partial charge in [0.2, 0.25) is 12.1 Å². The first-order valence-corrected chi connectivity index (χ1v) is 5.96. The molecule has 0 aromatic rings. The smallest absolute Gasteiger partial charge is 0.376 e. The van der Waals surface area contributed by atoms with Gasteiger partial charge in [0.15, 0.2) is 0 Å². The number of ether oxygens (including phenoxy) is 2. The van der Waals surface area contributed by atoms with Gasteiger partial charge >= 0.3 is 5.97 Å². The lowest BCUT2D eigenvalue weighted by Gasteiger charge is -2.38. The zero-order chi connectivity index (χ0) is 14.6. The van der Waals surface area contributed by atoms with Gasteiger partial charge in [-0.1, -0.05) is 6.92 Å². The van der Waals surface area contributed by atoms with Crippen LogP contribution in [-0.2, 0) is 19.1 Å². The average Bonchev–Trinajstić information content (AvgIpc) is 2.39. The molecule has 8 nitrogen and oxygen atoms in total. The Morgan fingerprint density at radius 1 is 1.16 bits per heavy atom. The van der Waals surface area contributed by atoms with Crippen LogP contribution in [0.4, 0.5) is 0 Å². The Morgan fingerprint density at radius 3 is 2.32 bits per heavy atom. The maximum atomic E-state index is 11.4. The Morgan fingerprint density at radius 2 is 1.79 bits per heavy atom. The van der Waals surface area contributed by atoms with Gasteiger partial charge in [0.05, 0.1) is 6.61 Å². The van der Waals surface area contributed by atoms with E-state index in [-0.39, 0.29) is 6.42 Å². The van der Waals surface area contributed by atoms with Crippen molar-refractivity contribution in [3.8, 4) is 0 Å². The van der Waals surface area contributed by atoms with E-state index in [1.165, 1.54) is 0 Å². The van der Waals surface area contributed by atoms with Crippen LogP contribution in [0, 0.1) is 0 Å². The third kappa shape index (κ3) is 3.71. The predicted octanol–water partition coefficient (Wildman–Crippen LogP) is -2.30. The van der Waals surface area contributed by atoms with Crippen LogP contribution in [0.25, 0.3) is 0 Å². The van der Waals surface area contributed by atoms with E-state index in [1.807, 2.05) is 0 Å². The summed E-state index contributed by atoms with van der Waals surface area (Å²) < 4.78 is 9.55. The summed E-state index contributed by atoms with van der Waals surface area (Å²) in [7, 11) is 0. The number of ketones is 1. The zero-order valence-electron chi connectivity index (χ0n) is 10.4. The molecule has 0 saturated carbocycles. The highest BCUT2D eigenvalue weighted by Crippen LogP contribution is 2.22. The molecule has 1 fully saturated rings. The third-order valence-corrected chi connectivity index (χ3v) is 2.78. The second-order valence-corrected chi connectivity index (χ2v) is 4.28. The Bertz CT molecular complexity index is 329. The third-order valence-electron chi connectivity index (χ3n) is 2.78. The van der Waals surface area contributed by atoms with E-state index in [0.29, 0.717) is 6.42 Å². The zero-order valence-corrected chi connectivity index (χ0v) is 10.4. The van der Waals surface area contributed by atoms with Crippen LogP contribution < -0.4 is 0 Å². The maximum Gasteiger partial charge on any atom is 0.376 e. The summed E-state index contributed by atoms with van der Waals surface area (Å²) in [4.78, 5) is 22.6. The molecule has 0 spiro atoms. The number of rotatable bonds is 5. The van der Waals surface area contributed by atoms with Crippen molar-refractivity contribution in [2.24, 2.45) is 0 Å². The monoisotopic (exact) mass is 278 g/mol. The van der Waals surface area contributed by atoms with E-state index in [1.54, 1.807) is 6.92 Å². The molecular formula is C11H18O8. The molecule has 1 aliphatic rings. The maximum absolute atomic E-state index is 11.4. The quantitative estimate of drug-likeness (QED) is 0.326. The molecule has 5 atom stereocenters. The van der Waals surface area contributed by atoms with Crippen molar-refractivity contribution in [1.82, 2.24) is 0 Å². The van der Waals surface area contributed by atoms with Crippen molar-refractivity contribution < 1.29 is 39.5 Å². The van der Waals surface area contributed by atoms with E-state index < -0.39 is 49.1 Å². The molecule has 1 aliphatic heterocycles. The molecule has 110 valence electrons. The van der Waals surface area contributed by atoms with E-state index in [9.17, 15) is 24.9 Å². The van der Waals surface area contributed by atoms with Gasteiger partial charge in [-0.25, -0.2) is 4.79 Å². The van der Waals surface area contributed by atoms with Gasteiger partial charge in [0.1, 0.15) is 24.4 Å². The van der Waals surface area contributed by atoms with Gasteiger partial charge in [0, 0.05) is 6.42 Å². The predicted molar refractivity (Wildman–Crippen MR) is 59.8 cm³/mol. The normalized spacial score (nSPS) is 34.9. The van der Waals surface area contributed by atoms with Crippen molar-refractivity contribution in [2.75, 3.05) is 6.61 Å². The van der Waals surface area contributed by atoms with Crippen LogP contribution >= 0.6 is 0 Å². The summed E-state index contributed by atoms with van der Waals surface area (Å²) in [6.07, 6.45) is -7.22. The highest BCUT2D eigenvalue weighted by Gasteiger charge is 2.45. The molecule has 0 aliphatic carbocycles. The summed E-state index contributed by atoms with van der Waals surface area (Å²) >= 11 is 0. The fourth-order valence-electron chi connectivity index (χ4n) is 1.67. The fourth-order valence-corrected chi connectivity index (χ4v) is 1.67. The van der Waals surface area contributed by atoms with Crippen molar-refractivity contribution >= 4 is 11.8 Å². The minimum Gasteiger partial charge on any atom is -0.427 e. The van der Waals surface area contributed by atoms with E-state index >= 15 is 0 Å². The van der Waals surface area contributed by atoms with E-state index in [4.69, 9.17) is 9.84 Å². The number of hydrogen-bond donors (Lipinski definition) is 4. The first-order valence-electron chi connectivity index (χ1n) is 5.96. The van der Waals surface area contributed by atoms with Crippen LogP contribution in [0.5, 0.6) is 0 Å². The first kappa shape index (κ1) is 16.0. The lowest BCUT2D eigenvalue weighted by molar-refractivity contribution is -0.291. The topological polar surface area (TPSA) is 134 Å². The highest BCUT2D eigenvalue weighted by molar-refractivity contribution is 6.33. The van der Waals surface area contributed by atoms with Gasteiger partial charge in [-0.15, -0.1) is 0 Å². The number of Topliss-reactive ketones (excluding diaryl/α,β-unsaturated/α-hetero) is 1. The summed E-state index contributed by atoms with van der Waals surface area (Å²) in [6, 6.07) is 0. The molecule has 19 heavy (non-hydrogen) atoms. The van der Waals surface area contributed by atoms with Crippen LogP contribution in [0.3, 0.4) is 0 Å². The number of hydrogen-bond acceptors (Lipinski definition) is 8. The van der Waals surface area contributed by atoms with Gasteiger partial charge in [-0.2, -0.15) is 0 Å². The van der Waals surface area contributed by atoms with Crippen molar-refractivity contribution in [3.05, 3.63) is 0 Å². The van der Waals surface area contributed by atoms with Gasteiger partial charge in [0.25, 0.3) is 0 Å². The van der Waals surface area contributed by atoms with Crippen LogP contribution in [0.2, 0.25) is 0 Å². The average molecular weight is 278 g/mol. The second-order valence-electron chi connectivity index (χ2n) is 4.28. The number of aliphatic hydroxyl groups is 4. The lowest BCUT2D eigenvalue weighted by Crippen LogP contribution is -2.59. The van der Waals surface area contributed by atoms with Gasteiger partial charge in [-0.05, 0) is 6.42 Å². The Kier molecular flexibility index (Phi) is 5.83. The molecule has 4 N–H and O–H groups in total. The summed E-state index contributed by atoms with van der Waals surface area (Å²) in [5.41, 5.74) is 0. The van der Waals surface area contributed by atoms with Crippen molar-refractivity contribution in [1.29, 1.82) is 0 Å². The SMILES string of the molecule is CCCC(=O)C(=O)OC1O[C@H](CO)[C@@H](O)[C@H](O)[C@H]1O. The molecule has 0 aromatic heterocycles. The molecular weight excluding hydrogens is 260 g/mol. The highest BCUT2D eigenvalue weighted by atomic mass is 16.7. The lowest BCUT2D eigenvalue weighted by atomic mass is 9.99. The molecule has 0 amide bonds. The number of aliphatic hydroxyl groups excluding tert-OH is 4. The minimum atomic E-state index is -1.70. The summed E-state index contributed by atoms with van der Waals surface area (Å²) in [5, 5.41) is 37.5. The largest absolute Gasteiger partial charge is 0.427 e. The number of carbonyl (C=O) groups excluding carboxylic acids is 2. The van der Waals surface area contributed by atoms with Gasteiger partial charge < -0.3 is 29.9 Å². The van der Waals surface area contributed by atoms with Crippen molar-refractivity contribution in [2.45, 2.75) is 50.5 Å². The number of esters is 1. The van der Waals surface area contributed by atoms with Gasteiger partial charge in [-0.3, -0.25) is 4.79 Å². The fraction of sp³-hybridized carbons (Fsp3) is 0.818. The Balaban J connectivity index is 2.66. The molecule has 1 unspecified atom stereocenters. The molecule has 0 radical (unpaired) electrons.